The smallest absolute Gasteiger partial charge is 0.407 e. The first-order chi connectivity index (χ1) is 7.08. The van der Waals surface area contributed by atoms with Crippen molar-refractivity contribution < 1.29 is 19.4 Å². The highest BCUT2D eigenvalue weighted by atomic mass is 16.6. The van der Waals surface area contributed by atoms with Gasteiger partial charge in [-0.15, -0.1) is 0 Å². The van der Waals surface area contributed by atoms with E-state index in [1.807, 2.05) is 0 Å². The second kappa shape index (κ2) is 5.32. The number of rotatable bonds is 3. The predicted molar refractivity (Wildman–Crippen MR) is 54.6 cm³/mol. The number of ether oxygens (including phenoxy) is 2. The van der Waals surface area contributed by atoms with Crippen LogP contribution in [0.15, 0.2) is 0 Å². The van der Waals surface area contributed by atoms with E-state index in [-0.39, 0.29) is 12.7 Å². The molecule has 0 spiro atoms. The minimum Gasteiger partial charge on any atom is -0.447 e. The van der Waals surface area contributed by atoms with Gasteiger partial charge >= 0.3 is 6.09 Å². The van der Waals surface area contributed by atoms with Crippen LogP contribution in [0.5, 0.6) is 0 Å². The number of hydrogen-bond donors (Lipinski definition) is 2. The highest BCUT2D eigenvalue weighted by Crippen LogP contribution is 2.20. The molecule has 1 amide bonds. The predicted octanol–water partition coefficient (Wildman–Crippen LogP) is 0.662. The van der Waals surface area contributed by atoms with Crippen LogP contribution in [0.1, 0.15) is 26.7 Å². The molecule has 5 heteroatoms. The molecule has 0 atom stereocenters. The fourth-order valence-corrected chi connectivity index (χ4v) is 1.54. The lowest BCUT2D eigenvalue weighted by Gasteiger charge is -2.35. The first-order valence-electron chi connectivity index (χ1n) is 5.25. The number of aliphatic hydroxyl groups is 1. The van der Waals surface area contributed by atoms with E-state index in [0.29, 0.717) is 26.1 Å². The third-order valence-corrected chi connectivity index (χ3v) is 2.46. The zero-order chi connectivity index (χ0) is 11.3. The van der Waals surface area contributed by atoms with Gasteiger partial charge in [0.05, 0.1) is 18.2 Å². The highest BCUT2D eigenvalue weighted by molar-refractivity contribution is 5.68. The van der Waals surface area contributed by atoms with E-state index in [2.05, 4.69) is 5.32 Å². The number of alkyl carbamates (subject to hydrolysis) is 1. The molecular formula is C10H19NO4. The lowest BCUT2D eigenvalue weighted by molar-refractivity contribution is 0.00829. The Hall–Kier alpha value is -0.810. The summed E-state index contributed by atoms with van der Waals surface area (Å²) in [6.45, 7) is 4.61. The standard InChI is InChI=1S/C10H19NO4/c1-8(2)15-9(13)11-10(7-12)3-5-14-6-4-10/h8,12H,3-7H2,1-2H3,(H,11,13). The van der Waals surface area contributed by atoms with Crippen LogP contribution in [0.25, 0.3) is 0 Å². The first-order valence-corrected chi connectivity index (χ1v) is 5.25. The molecule has 1 heterocycles. The van der Waals surface area contributed by atoms with Gasteiger partial charge in [-0.3, -0.25) is 0 Å². The quantitative estimate of drug-likeness (QED) is 0.728. The molecule has 2 N–H and O–H groups in total. The lowest BCUT2D eigenvalue weighted by atomic mass is 9.91. The van der Waals surface area contributed by atoms with Gasteiger partial charge in [0, 0.05) is 13.2 Å². The average molecular weight is 217 g/mol. The van der Waals surface area contributed by atoms with Gasteiger partial charge in [-0.2, -0.15) is 0 Å². The fourth-order valence-electron chi connectivity index (χ4n) is 1.54. The van der Waals surface area contributed by atoms with Crippen molar-refractivity contribution in [3.8, 4) is 0 Å². The maximum absolute atomic E-state index is 11.4. The maximum atomic E-state index is 11.4. The molecule has 88 valence electrons. The summed E-state index contributed by atoms with van der Waals surface area (Å²) in [4.78, 5) is 11.4. The topological polar surface area (TPSA) is 67.8 Å². The van der Waals surface area contributed by atoms with E-state index in [9.17, 15) is 9.90 Å². The van der Waals surface area contributed by atoms with E-state index in [1.165, 1.54) is 0 Å². The molecule has 15 heavy (non-hydrogen) atoms. The molecule has 1 saturated heterocycles. The molecule has 0 saturated carbocycles. The maximum Gasteiger partial charge on any atom is 0.407 e. The summed E-state index contributed by atoms with van der Waals surface area (Å²) >= 11 is 0. The summed E-state index contributed by atoms with van der Waals surface area (Å²) < 4.78 is 10.2. The molecule has 1 rings (SSSR count). The molecule has 0 aromatic carbocycles. The van der Waals surface area contributed by atoms with Crippen molar-refractivity contribution in [2.75, 3.05) is 19.8 Å². The van der Waals surface area contributed by atoms with E-state index >= 15 is 0 Å². The largest absolute Gasteiger partial charge is 0.447 e. The van der Waals surface area contributed by atoms with E-state index in [1.54, 1.807) is 13.8 Å². The van der Waals surface area contributed by atoms with Crippen molar-refractivity contribution in [2.45, 2.75) is 38.3 Å². The van der Waals surface area contributed by atoms with Gasteiger partial charge in [0.1, 0.15) is 0 Å². The van der Waals surface area contributed by atoms with Crippen molar-refractivity contribution in [3.63, 3.8) is 0 Å². The zero-order valence-electron chi connectivity index (χ0n) is 9.28. The summed E-state index contributed by atoms with van der Waals surface area (Å²) in [6, 6.07) is 0. The van der Waals surface area contributed by atoms with Crippen molar-refractivity contribution in [2.24, 2.45) is 0 Å². The van der Waals surface area contributed by atoms with Gasteiger partial charge in [0.15, 0.2) is 0 Å². The van der Waals surface area contributed by atoms with Crippen molar-refractivity contribution in [1.82, 2.24) is 5.32 Å². The Kier molecular flexibility index (Phi) is 4.35. The molecule has 0 radical (unpaired) electrons. The second-order valence-corrected chi connectivity index (χ2v) is 4.13. The van der Waals surface area contributed by atoms with Crippen LogP contribution in [0.4, 0.5) is 4.79 Å². The van der Waals surface area contributed by atoms with Crippen molar-refractivity contribution in [1.29, 1.82) is 0 Å². The van der Waals surface area contributed by atoms with Gasteiger partial charge in [-0.05, 0) is 26.7 Å². The van der Waals surface area contributed by atoms with E-state index in [4.69, 9.17) is 9.47 Å². The number of nitrogens with one attached hydrogen (secondary N) is 1. The number of carbonyl (C=O) groups excluding carboxylic acids is 1. The summed E-state index contributed by atoms with van der Waals surface area (Å²) in [5.74, 6) is 0. The SMILES string of the molecule is CC(C)OC(=O)NC1(CO)CCOCC1. The molecule has 0 bridgehead atoms. The van der Waals surface area contributed by atoms with Crippen molar-refractivity contribution in [3.05, 3.63) is 0 Å². The number of aliphatic hydroxyl groups excluding tert-OH is 1. The summed E-state index contributed by atoms with van der Waals surface area (Å²) in [6.07, 6.45) is 0.620. The van der Waals surface area contributed by atoms with Gasteiger partial charge in [0.2, 0.25) is 0 Å². The summed E-state index contributed by atoms with van der Waals surface area (Å²) in [5, 5.41) is 12.0. The molecule has 0 aromatic rings. The average Bonchev–Trinajstić information content (AvgIpc) is 2.17. The van der Waals surface area contributed by atoms with E-state index < -0.39 is 11.6 Å². The Morgan fingerprint density at radius 3 is 2.60 bits per heavy atom. The molecule has 0 aliphatic carbocycles. The number of carbonyl (C=O) groups is 1. The first kappa shape index (κ1) is 12.3. The van der Waals surface area contributed by atoms with Gasteiger partial charge < -0.3 is 19.9 Å². The molecule has 0 aromatic heterocycles. The Bertz CT molecular complexity index is 211. The molecular weight excluding hydrogens is 198 g/mol. The normalized spacial score (nSPS) is 20.0. The molecule has 5 nitrogen and oxygen atoms in total. The van der Waals surface area contributed by atoms with Crippen LogP contribution in [0.2, 0.25) is 0 Å². The van der Waals surface area contributed by atoms with Crippen LogP contribution in [0.3, 0.4) is 0 Å². The number of hydrogen-bond acceptors (Lipinski definition) is 4. The van der Waals surface area contributed by atoms with Gasteiger partial charge in [0.25, 0.3) is 0 Å². The van der Waals surface area contributed by atoms with Gasteiger partial charge in [-0.25, -0.2) is 4.79 Å². The molecule has 1 aliphatic heterocycles. The van der Waals surface area contributed by atoms with E-state index in [0.717, 1.165) is 0 Å². The van der Waals surface area contributed by atoms with Crippen LogP contribution < -0.4 is 5.32 Å². The molecule has 1 fully saturated rings. The van der Waals surface area contributed by atoms with Crippen LogP contribution in [-0.4, -0.2) is 42.7 Å². The summed E-state index contributed by atoms with van der Waals surface area (Å²) in [5.41, 5.74) is -0.565. The molecule has 1 aliphatic rings. The fraction of sp³-hybridized carbons (Fsp3) is 0.900. The van der Waals surface area contributed by atoms with Gasteiger partial charge in [-0.1, -0.05) is 0 Å². The monoisotopic (exact) mass is 217 g/mol. The zero-order valence-corrected chi connectivity index (χ0v) is 9.28. The van der Waals surface area contributed by atoms with Crippen LogP contribution >= 0.6 is 0 Å². The third kappa shape index (κ3) is 3.68. The second-order valence-electron chi connectivity index (χ2n) is 4.13. The minimum absolute atomic E-state index is 0.0798. The van der Waals surface area contributed by atoms with Crippen LogP contribution in [-0.2, 0) is 9.47 Å². The Morgan fingerprint density at radius 2 is 2.13 bits per heavy atom. The summed E-state index contributed by atoms with van der Waals surface area (Å²) in [7, 11) is 0. The minimum atomic E-state index is -0.565. The Labute approximate surface area is 89.8 Å². The Morgan fingerprint density at radius 1 is 1.53 bits per heavy atom. The number of amides is 1. The molecule has 0 unspecified atom stereocenters. The Balaban J connectivity index is 2.47. The highest BCUT2D eigenvalue weighted by Gasteiger charge is 2.34. The van der Waals surface area contributed by atoms with Crippen molar-refractivity contribution >= 4 is 6.09 Å². The van der Waals surface area contributed by atoms with Crippen LogP contribution in [0, 0.1) is 0 Å². The lowest BCUT2D eigenvalue weighted by Crippen LogP contribution is -2.55. The third-order valence-electron chi connectivity index (χ3n) is 2.46.